The average Bonchev–Trinajstić information content (AvgIpc) is 2.96. The Morgan fingerprint density at radius 2 is 1.36 bits per heavy atom. The molecular weight excluding hydrogens is 350 g/mol. The Morgan fingerprint density at radius 1 is 0.786 bits per heavy atom. The molecule has 1 heterocycles. The predicted molar refractivity (Wildman–Crippen MR) is 121 cm³/mol. The number of hydrogen-bond donors (Lipinski definition) is 3. The smallest absolute Gasteiger partial charge is 0.218 e. The minimum Gasteiger partial charge on any atom is -0.494 e. The molecule has 5 nitrogen and oxygen atoms in total. The Morgan fingerprint density at radius 3 is 1.96 bits per heavy atom. The summed E-state index contributed by atoms with van der Waals surface area (Å²) in [5.41, 5.74) is 0.645. The molecule has 0 aliphatic carbocycles. The summed E-state index contributed by atoms with van der Waals surface area (Å²) >= 11 is 0. The van der Waals surface area contributed by atoms with Crippen LogP contribution in [0.5, 0.6) is 11.8 Å². The van der Waals surface area contributed by atoms with Crippen molar-refractivity contribution < 1.29 is 10.2 Å². The number of nitrogens with zero attached hydrogens (tertiary/aromatic N) is 2. The monoisotopic (exact) mass is 395 g/mol. The topological polar surface area (TPSA) is 60.7 Å². The van der Waals surface area contributed by atoms with E-state index in [2.05, 4.69) is 31.0 Å². The van der Waals surface area contributed by atoms with Gasteiger partial charge in [0.2, 0.25) is 5.88 Å². The van der Waals surface area contributed by atoms with E-state index in [4.69, 9.17) is 0 Å². The lowest BCUT2D eigenvalue weighted by molar-refractivity contribution is 0.275. The molecule has 0 aliphatic rings. The van der Waals surface area contributed by atoms with Gasteiger partial charge in [-0.05, 0) is 32.4 Å². The van der Waals surface area contributed by atoms with Gasteiger partial charge in [0.05, 0.1) is 0 Å². The van der Waals surface area contributed by atoms with Crippen molar-refractivity contribution >= 4 is 5.69 Å². The molecule has 0 saturated heterocycles. The molecule has 1 aromatic rings. The quantitative estimate of drug-likeness (QED) is 0.268. The molecule has 164 valence electrons. The van der Waals surface area contributed by atoms with Crippen molar-refractivity contribution in [2.24, 2.45) is 0 Å². The van der Waals surface area contributed by atoms with Gasteiger partial charge in [-0.1, -0.05) is 72.1 Å². The molecule has 0 aliphatic heterocycles. The third-order valence-corrected chi connectivity index (χ3v) is 5.43. The average molecular weight is 396 g/mol. The Labute approximate surface area is 173 Å². The minimum atomic E-state index is 0.153. The van der Waals surface area contributed by atoms with Gasteiger partial charge in [-0.3, -0.25) is 4.57 Å². The molecule has 0 aromatic carbocycles. The van der Waals surface area contributed by atoms with E-state index in [9.17, 15) is 10.2 Å². The zero-order valence-corrected chi connectivity index (χ0v) is 18.7. The van der Waals surface area contributed by atoms with Gasteiger partial charge < -0.3 is 20.4 Å². The zero-order chi connectivity index (χ0) is 20.6. The van der Waals surface area contributed by atoms with E-state index in [-0.39, 0.29) is 11.8 Å². The van der Waals surface area contributed by atoms with Gasteiger partial charge in [0.1, 0.15) is 5.69 Å². The van der Waals surface area contributed by atoms with Crippen molar-refractivity contribution in [3.05, 3.63) is 6.07 Å². The Kier molecular flexibility index (Phi) is 13.7. The van der Waals surface area contributed by atoms with Crippen LogP contribution in [0.4, 0.5) is 5.69 Å². The Bertz CT molecular complexity index is 494. The first kappa shape index (κ1) is 24.7. The molecule has 0 atom stereocenters. The van der Waals surface area contributed by atoms with Crippen LogP contribution < -0.4 is 5.32 Å². The maximum Gasteiger partial charge on any atom is 0.218 e. The van der Waals surface area contributed by atoms with Gasteiger partial charge in [-0.15, -0.1) is 0 Å². The van der Waals surface area contributed by atoms with Crippen LogP contribution in [0, 0.1) is 0 Å². The maximum absolute atomic E-state index is 10.5. The maximum atomic E-state index is 10.5. The highest BCUT2D eigenvalue weighted by Gasteiger charge is 2.13. The second-order valence-corrected chi connectivity index (χ2v) is 7.99. The van der Waals surface area contributed by atoms with E-state index < -0.39 is 0 Å². The van der Waals surface area contributed by atoms with Gasteiger partial charge in [0.15, 0.2) is 5.88 Å². The van der Waals surface area contributed by atoms with Gasteiger partial charge in [-0.2, -0.15) is 0 Å². The van der Waals surface area contributed by atoms with Crippen LogP contribution in [0.2, 0.25) is 0 Å². The zero-order valence-electron chi connectivity index (χ0n) is 18.7. The molecule has 28 heavy (non-hydrogen) atoms. The second kappa shape index (κ2) is 15.5. The first-order valence-electron chi connectivity index (χ1n) is 11.7. The van der Waals surface area contributed by atoms with Gasteiger partial charge in [0, 0.05) is 25.7 Å². The number of aromatic nitrogens is 1. The van der Waals surface area contributed by atoms with Gasteiger partial charge in [0.25, 0.3) is 0 Å². The fraction of sp³-hybridized carbons (Fsp3) is 0.826. The SMILES string of the molecule is CCCCCCCCCn1c(O)cc(NCCN(CCCC)CCCC)c1O. The molecule has 0 spiro atoms. The third kappa shape index (κ3) is 9.72. The summed E-state index contributed by atoms with van der Waals surface area (Å²) in [7, 11) is 0. The lowest BCUT2D eigenvalue weighted by Gasteiger charge is -2.22. The summed E-state index contributed by atoms with van der Waals surface area (Å²) in [5, 5.41) is 23.9. The van der Waals surface area contributed by atoms with Gasteiger partial charge >= 0.3 is 0 Å². The van der Waals surface area contributed by atoms with E-state index >= 15 is 0 Å². The summed E-state index contributed by atoms with van der Waals surface area (Å²) in [5.74, 6) is 0.317. The molecule has 3 N–H and O–H groups in total. The minimum absolute atomic E-state index is 0.153. The fourth-order valence-electron chi connectivity index (χ4n) is 3.55. The van der Waals surface area contributed by atoms with E-state index in [1.165, 1.54) is 57.8 Å². The molecule has 0 amide bonds. The summed E-state index contributed by atoms with van der Waals surface area (Å²) in [6.45, 7) is 11.4. The van der Waals surface area contributed by atoms with Crippen LogP contribution in [-0.4, -0.2) is 45.9 Å². The Hall–Kier alpha value is -1.36. The van der Waals surface area contributed by atoms with Crippen molar-refractivity contribution in [2.45, 2.75) is 97.9 Å². The van der Waals surface area contributed by atoms with Crippen LogP contribution in [0.3, 0.4) is 0 Å². The van der Waals surface area contributed by atoms with Gasteiger partial charge in [-0.25, -0.2) is 0 Å². The van der Waals surface area contributed by atoms with Crippen molar-refractivity contribution in [3.63, 3.8) is 0 Å². The Balaban J connectivity index is 2.38. The normalized spacial score (nSPS) is 11.4. The summed E-state index contributed by atoms with van der Waals surface area (Å²) in [4.78, 5) is 2.49. The fourth-order valence-corrected chi connectivity index (χ4v) is 3.55. The number of rotatable bonds is 18. The highest BCUT2D eigenvalue weighted by Crippen LogP contribution is 2.32. The van der Waals surface area contributed by atoms with Crippen molar-refractivity contribution in [1.82, 2.24) is 9.47 Å². The van der Waals surface area contributed by atoms with Crippen LogP contribution >= 0.6 is 0 Å². The number of anilines is 1. The molecular formula is C23H45N3O2. The molecule has 1 aromatic heterocycles. The summed E-state index contributed by atoms with van der Waals surface area (Å²) in [6, 6.07) is 1.65. The lowest BCUT2D eigenvalue weighted by atomic mass is 10.1. The number of hydrogen-bond acceptors (Lipinski definition) is 4. The van der Waals surface area contributed by atoms with Crippen LogP contribution in [0.1, 0.15) is 91.4 Å². The lowest BCUT2D eigenvalue weighted by Crippen LogP contribution is -2.31. The molecule has 0 saturated carbocycles. The first-order chi connectivity index (χ1) is 13.6. The third-order valence-electron chi connectivity index (χ3n) is 5.43. The van der Waals surface area contributed by atoms with Crippen molar-refractivity contribution in [2.75, 3.05) is 31.5 Å². The summed E-state index contributed by atoms with van der Waals surface area (Å²) < 4.78 is 1.63. The molecule has 0 radical (unpaired) electrons. The van der Waals surface area contributed by atoms with Crippen molar-refractivity contribution in [3.8, 4) is 11.8 Å². The number of nitrogens with one attached hydrogen (secondary N) is 1. The molecule has 0 bridgehead atoms. The molecule has 5 heteroatoms. The molecule has 0 unspecified atom stereocenters. The number of aromatic hydroxyl groups is 2. The van der Waals surface area contributed by atoms with E-state index in [1.807, 2.05) is 0 Å². The van der Waals surface area contributed by atoms with E-state index in [0.29, 0.717) is 12.2 Å². The van der Waals surface area contributed by atoms with Crippen molar-refractivity contribution in [1.29, 1.82) is 0 Å². The largest absolute Gasteiger partial charge is 0.494 e. The highest BCUT2D eigenvalue weighted by atomic mass is 16.3. The summed E-state index contributed by atoms with van der Waals surface area (Å²) in [6.07, 6.45) is 13.5. The highest BCUT2D eigenvalue weighted by molar-refractivity contribution is 5.57. The standard InChI is InChI=1S/C23H45N3O2/c1-4-7-10-11-12-13-14-18-26-22(27)20-21(23(26)28)24-15-19-25(16-8-5-2)17-9-6-3/h20,24,27-28H,4-19H2,1-3H3. The second-order valence-electron chi connectivity index (χ2n) is 7.99. The van der Waals surface area contributed by atoms with Crippen LogP contribution in [0.15, 0.2) is 6.07 Å². The van der Waals surface area contributed by atoms with Crippen LogP contribution in [0.25, 0.3) is 0 Å². The molecule has 0 fully saturated rings. The number of unbranched alkanes of at least 4 members (excludes halogenated alkanes) is 8. The predicted octanol–water partition coefficient (Wildman–Crippen LogP) is 5.96. The molecule has 1 rings (SSSR count). The van der Waals surface area contributed by atoms with E-state index in [1.54, 1.807) is 10.6 Å². The van der Waals surface area contributed by atoms with E-state index in [0.717, 1.165) is 39.0 Å². The van der Waals surface area contributed by atoms with Crippen LogP contribution in [-0.2, 0) is 6.54 Å². The first-order valence-corrected chi connectivity index (χ1v) is 11.7.